The number of fused-ring (bicyclic) bond motifs is 2. The number of hydrogen-bond acceptors (Lipinski definition) is 12. The van der Waals surface area contributed by atoms with E-state index >= 15 is 0 Å². The fourth-order valence-corrected chi connectivity index (χ4v) is 6.41. The molecule has 246 valence electrons. The van der Waals surface area contributed by atoms with Crippen LogP contribution in [0.5, 0.6) is 0 Å². The molecule has 0 fully saturated rings. The molecule has 0 saturated heterocycles. The van der Waals surface area contributed by atoms with Crippen molar-refractivity contribution in [2.75, 3.05) is 30.1 Å². The lowest BCUT2D eigenvalue weighted by atomic mass is 9.96. The second kappa shape index (κ2) is 12.6. The minimum absolute atomic E-state index is 0.00998. The van der Waals surface area contributed by atoms with Gasteiger partial charge in [-0.2, -0.15) is 5.10 Å². The monoisotopic (exact) mass is 651 g/mol. The summed E-state index contributed by atoms with van der Waals surface area (Å²) < 4.78 is 5.81. The summed E-state index contributed by atoms with van der Waals surface area (Å²) in [6, 6.07) is 10.2. The molecule has 1 atom stereocenters. The van der Waals surface area contributed by atoms with E-state index in [9.17, 15) is 24.0 Å². The molecular weight excluding hydrogens is 618 g/mol. The van der Waals surface area contributed by atoms with Gasteiger partial charge >= 0.3 is 5.97 Å². The summed E-state index contributed by atoms with van der Waals surface area (Å²) in [5.41, 5.74) is 10.3. The first-order chi connectivity index (χ1) is 23.0. The summed E-state index contributed by atoms with van der Waals surface area (Å²) in [5, 5.41) is 13.1. The first kappa shape index (κ1) is 31.8. The smallest absolute Gasteiger partial charge is 0.338 e. The van der Waals surface area contributed by atoms with Crippen molar-refractivity contribution in [3.8, 4) is 0 Å². The van der Waals surface area contributed by atoms with Gasteiger partial charge in [-0.25, -0.2) is 14.5 Å². The fraction of sp³-hybridized carbons (Fsp3) is 0.273. The maximum atomic E-state index is 13.6. The molecule has 2 heterocycles. The van der Waals surface area contributed by atoms with Crippen molar-refractivity contribution < 1.29 is 19.1 Å². The first-order valence-corrected chi connectivity index (χ1v) is 15.1. The van der Waals surface area contributed by atoms with E-state index in [-0.39, 0.29) is 41.0 Å². The second-order valence-corrected chi connectivity index (χ2v) is 11.7. The van der Waals surface area contributed by atoms with Gasteiger partial charge in [0.05, 0.1) is 18.7 Å². The average Bonchev–Trinajstić information content (AvgIpc) is 3.50. The summed E-state index contributed by atoms with van der Waals surface area (Å²) in [4.78, 5) is 68.7. The molecule has 15 nitrogen and oxygen atoms in total. The van der Waals surface area contributed by atoms with Crippen LogP contribution in [0.2, 0.25) is 0 Å². The van der Waals surface area contributed by atoms with Crippen molar-refractivity contribution in [2.45, 2.75) is 45.3 Å². The minimum Gasteiger partial charge on any atom is -0.465 e. The minimum atomic E-state index is -0.656. The number of anilines is 2. The van der Waals surface area contributed by atoms with Gasteiger partial charge in [-0.05, 0) is 65.6 Å². The Morgan fingerprint density at radius 3 is 2.60 bits per heavy atom. The van der Waals surface area contributed by atoms with Crippen LogP contribution in [0.1, 0.15) is 77.2 Å². The number of rotatable bonds is 8. The summed E-state index contributed by atoms with van der Waals surface area (Å²) >= 11 is 0. The number of nitrogens with two attached hydrogens (primary N) is 2. The predicted octanol–water partition coefficient (Wildman–Crippen LogP) is 0.296. The topological polar surface area (TPSA) is 216 Å². The molecule has 48 heavy (non-hydrogen) atoms. The average molecular weight is 652 g/mol. The van der Waals surface area contributed by atoms with Gasteiger partial charge in [0.1, 0.15) is 22.8 Å². The summed E-state index contributed by atoms with van der Waals surface area (Å²) in [5.74, 6) is 4.60. The quantitative estimate of drug-likeness (QED) is 0.0672. The van der Waals surface area contributed by atoms with Crippen molar-refractivity contribution in [1.82, 2.24) is 20.3 Å². The molecule has 0 radical (unpaired) electrons. The zero-order valence-electron chi connectivity index (χ0n) is 26.3. The molecule has 1 aliphatic heterocycles. The number of esters is 1. The second-order valence-electron chi connectivity index (χ2n) is 11.7. The van der Waals surface area contributed by atoms with Crippen LogP contribution < -0.4 is 43.6 Å². The number of nitrogen functional groups attached to an aromatic ring is 2. The standard InChI is InChI=1S/C33H33N9O6/c1-16-20-8-9-23(22(20)7-6-21(16)32(47)48-3)38-31(46)25-13-24(39-33(40-36-2)42(25)35)30(45)37-14-17-4-5-18-10-11-41(15-19(18)12-17)27-26(34)28(43)29(27)44/h4-7,12-13,23H,2,8-11,14-15,34-35H2,1,3H3,(H,37,45)(H,38,46)/b40-33-/t23-/m0/s1. The highest BCUT2D eigenvalue weighted by atomic mass is 16.5. The van der Waals surface area contributed by atoms with Crippen LogP contribution in [0.15, 0.2) is 56.2 Å². The number of ether oxygens (including phenoxy) is 1. The zero-order chi connectivity index (χ0) is 34.3. The van der Waals surface area contributed by atoms with Crippen molar-refractivity contribution in [3.05, 3.63) is 113 Å². The SMILES string of the molecule is C=N/N=c1/nc(C(=O)NCc2ccc3c(c2)CN(c2c(N)c(=O)c2=O)CC3)cc(C(=O)N[C@H]2CCc3c2ccc(C(=O)OC)c3C)n1N. The lowest BCUT2D eigenvalue weighted by Gasteiger charge is -2.32. The van der Waals surface area contributed by atoms with E-state index < -0.39 is 28.6 Å². The van der Waals surface area contributed by atoms with E-state index in [0.29, 0.717) is 37.9 Å². The van der Waals surface area contributed by atoms with Gasteiger partial charge in [-0.3, -0.25) is 19.2 Å². The highest BCUT2D eigenvalue weighted by Gasteiger charge is 2.30. The normalized spacial score (nSPS) is 15.5. The molecule has 1 aromatic heterocycles. The van der Waals surface area contributed by atoms with Crippen molar-refractivity contribution in [3.63, 3.8) is 0 Å². The number of nitrogens with one attached hydrogen (secondary N) is 2. The van der Waals surface area contributed by atoms with E-state index in [1.807, 2.05) is 25.1 Å². The van der Waals surface area contributed by atoms with Crippen molar-refractivity contribution in [1.29, 1.82) is 0 Å². The van der Waals surface area contributed by atoms with Crippen LogP contribution in [0.25, 0.3) is 0 Å². The van der Waals surface area contributed by atoms with Gasteiger partial charge in [-0.15, -0.1) is 5.10 Å². The Kier molecular flexibility index (Phi) is 8.35. The Morgan fingerprint density at radius 2 is 1.88 bits per heavy atom. The van der Waals surface area contributed by atoms with E-state index in [2.05, 4.69) is 32.5 Å². The molecule has 0 spiro atoms. The number of hydrogen-bond donors (Lipinski definition) is 4. The number of carbonyl (C=O) groups is 3. The molecule has 0 saturated carbocycles. The third-order valence-electron chi connectivity index (χ3n) is 8.97. The lowest BCUT2D eigenvalue weighted by molar-refractivity contribution is 0.0599. The first-order valence-electron chi connectivity index (χ1n) is 15.1. The summed E-state index contributed by atoms with van der Waals surface area (Å²) in [6.45, 7) is 6.27. The maximum absolute atomic E-state index is 13.6. The van der Waals surface area contributed by atoms with Gasteiger partial charge in [0.25, 0.3) is 28.3 Å². The predicted molar refractivity (Wildman–Crippen MR) is 177 cm³/mol. The van der Waals surface area contributed by atoms with Crippen LogP contribution in [-0.2, 0) is 30.7 Å². The van der Waals surface area contributed by atoms with Gasteiger partial charge in [-0.1, -0.05) is 24.3 Å². The third kappa shape index (κ3) is 5.59. The van der Waals surface area contributed by atoms with E-state index in [4.69, 9.17) is 16.3 Å². The van der Waals surface area contributed by atoms with Crippen LogP contribution in [0.3, 0.4) is 0 Å². The van der Waals surface area contributed by atoms with Gasteiger partial charge in [0, 0.05) is 32.4 Å². The lowest BCUT2D eigenvalue weighted by Crippen LogP contribution is -2.44. The Morgan fingerprint density at radius 1 is 1.08 bits per heavy atom. The number of nitrogens with zero attached hydrogens (tertiary/aromatic N) is 5. The molecule has 1 aliphatic carbocycles. The highest BCUT2D eigenvalue weighted by molar-refractivity contribution is 5.97. The Hall–Kier alpha value is -6.12. The number of methoxy groups -OCH3 is 1. The number of carbonyl (C=O) groups excluding carboxylic acids is 3. The largest absolute Gasteiger partial charge is 0.465 e. The van der Waals surface area contributed by atoms with Crippen molar-refractivity contribution in [2.24, 2.45) is 10.2 Å². The zero-order valence-corrected chi connectivity index (χ0v) is 26.3. The van der Waals surface area contributed by atoms with E-state index in [0.717, 1.165) is 38.1 Å². The van der Waals surface area contributed by atoms with Gasteiger partial charge in [0.2, 0.25) is 0 Å². The van der Waals surface area contributed by atoms with Gasteiger partial charge in [0.15, 0.2) is 0 Å². The molecule has 3 aromatic carbocycles. The fourth-order valence-electron chi connectivity index (χ4n) is 6.41. The Labute approximate surface area is 273 Å². The molecular formula is C33H33N9O6. The molecule has 0 bridgehead atoms. The molecule has 2 aliphatic rings. The van der Waals surface area contributed by atoms with Crippen LogP contribution in [0, 0.1) is 6.92 Å². The van der Waals surface area contributed by atoms with E-state index in [1.54, 1.807) is 17.0 Å². The molecule has 0 unspecified atom stereocenters. The Bertz CT molecular complexity index is 2160. The number of amides is 2. The van der Waals surface area contributed by atoms with Crippen LogP contribution >= 0.6 is 0 Å². The number of aromatic nitrogens is 2. The summed E-state index contributed by atoms with van der Waals surface area (Å²) in [6.07, 6.45) is 1.91. The molecule has 6 rings (SSSR count). The molecule has 15 heteroatoms. The molecule has 2 amide bonds. The maximum Gasteiger partial charge on any atom is 0.338 e. The number of benzene rings is 2. The summed E-state index contributed by atoms with van der Waals surface area (Å²) in [7, 11) is 1.33. The molecule has 6 N–H and O–H groups in total. The van der Waals surface area contributed by atoms with Gasteiger partial charge < -0.3 is 31.8 Å². The van der Waals surface area contributed by atoms with Crippen LogP contribution in [-0.4, -0.2) is 47.8 Å². The Balaban J connectivity index is 1.19. The highest BCUT2D eigenvalue weighted by Crippen LogP contribution is 2.35. The van der Waals surface area contributed by atoms with Crippen molar-refractivity contribution >= 4 is 35.9 Å². The molecule has 4 aromatic rings. The van der Waals surface area contributed by atoms with E-state index in [1.165, 1.54) is 13.2 Å². The van der Waals surface area contributed by atoms with Crippen LogP contribution in [0.4, 0.5) is 11.4 Å². The third-order valence-corrected chi connectivity index (χ3v) is 8.97.